The molecule has 0 atom stereocenters. The third kappa shape index (κ3) is 3.64. The topological polar surface area (TPSA) is 47.5 Å². The van der Waals surface area contributed by atoms with Crippen LogP contribution in [0.3, 0.4) is 0 Å². The van der Waals surface area contributed by atoms with Crippen LogP contribution in [0.1, 0.15) is 22.7 Å². The largest absolute Gasteiger partial charge is 0.438 e. The second-order valence-electron chi connectivity index (χ2n) is 7.15. The number of nitrogens with zero attached hydrogens (tertiary/aromatic N) is 3. The molecule has 0 bridgehead atoms. The number of thiophene rings is 1. The van der Waals surface area contributed by atoms with Crippen molar-refractivity contribution in [2.45, 2.75) is 30.7 Å². The fourth-order valence-electron chi connectivity index (χ4n) is 3.86. The fraction of sp³-hybridized carbons (Fsp3) is 0.429. The van der Waals surface area contributed by atoms with Gasteiger partial charge in [-0.1, -0.05) is 0 Å². The van der Waals surface area contributed by atoms with Crippen LogP contribution in [0.25, 0.3) is 10.2 Å². The minimum absolute atomic E-state index is 0.713. The van der Waals surface area contributed by atoms with Crippen LogP contribution in [0.5, 0.6) is 11.6 Å². The highest BCUT2D eigenvalue weighted by atomic mass is 32.2. The van der Waals surface area contributed by atoms with Gasteiger partial charge in [-0.2, -0.15) is 4.98 Å². The van der Waals surface area contributed by atoms with Gasteiger partial charge in [0.25, 0.3) is 0 Å². The number of thioether (sulfide) groups is 1. The van der Waals surface area contributed by atoms with Gasteiger partial charge < -0.3 is 9.47 Å². The summed E-state index contributed by atoms with van der Waals surface area (Å²) in [6.45, 7) is 4.15. The fourth-order valence-corrected chi connectivity index (χ4v) is 5.54. The number of aromatic nitrogens is 2. The summed E-state index contributed by atoms with van der Waals surface area (Å²) in [5, 5.41) is 1.12. The number of benzene rings is 1. The van der Waals surface area contributed by atoms with Crippen LogP contribution < -0.4 is 4.74 Å². The van der Waals surface area contributed by atoms with Crippen molar-refractivity contribution in [2.24, 2.45) is 0 Å². The quantitative estimate of drug-likeness (QED) is 0.573. The first-order valence-electron chi connectivity index (χ1n) is 9.73. The molecule has 1 aliphatic heterocycles. The lowest BCUT2D eigenvalue weighted by molar-refractivity contribution is 0.0330. The molecule has 3 aromatic rings. The number of morpholine rings is 1. The maximum atomic E-state index is 6.31. The zero-order chi connectivity index (χ0) is 18.9. The van der Waals surface area contributed by atoms with Crippen LogP contribution in [0.4, 0.5) is 0 Å². The minimum atomic E-state index is 0.713. The first-order chi connectivity index (χ1) is 13.8. The van der Waals surface area contributed by atoms with Gasteiger partial charge in [0.1, 0.15) is 16.4 Å². The molecule has 1 saturated heterocycles. The van der Waals surface area contributed by atoms with Gasteiger partial charge in [0.2, 0.25) is 5.88 Å². The molecular formula is C21H23N3O2S2. The normalized spacial score (nSPS) is 17.2. The summed E-state index contributed by atoms with van der Waals surface area (Å²) in [7, 11) is 0. The monoisotopic (exact) mass is 413 g/mol. The molecule has 0 N–H and O–H groups in total. The SMILES string of the molecule is CSc1ccc(Oc2nc(CN3CCOCC3)nc3sc4c(c23)CCC4)cc1. The zero-order valence-electron chi connectivity index (χ0n) is 15.9. The Balaban J connectivity index is 1.51. The van der Waals surface area contributed by atoms with Crippen molar-refractivity contribution in [3.8, 4) is 11.6 Å². The summed E-state index contributed by atoms with van der Waals surface area (Å²) in [5.41, 5.74) is 1.40. The Kier molecular flexibility index (Phi) is 5.24. The van der Waals surface area contributed by atoms with Crippen LogP contribution in [0.15, 0.2) is 29.2 Å². The van der Waals surface area contributed by atoms with Crippen molar-refractivity contribution in [3.05, 3.63) is 40.5 Å². The molecule has 146 valence electrons. The Hall–Kier alpha value is -1.67. The van der Waals surface area contributed by atoms with E-state index in [9.17, 15) is 0 Å². The third-order valence-electron chi connectivity index (χ3n) is 5.32. The van der Waals surface area contributed by atoms with E-state index in [2.05, 4.69) is 23.3 Å². The van der Waals surface area contributed by atoms with E-state index in [4.69, 9.17) is 19.4 Å². The van der Waals surface area contributed by atoms with Crippen molar-refractivity contribution in [1.82, 2.24) is 14.9 Å². The lowest BCUT2D eigenvalue weighted by Gasteiger charge is -2.25. The lowest BCUT2D eigenvalue weighted by Crippen LogP contribution is -2.36. The van der Waals surface area contributed by atoms with E-state index >= 15 is 0 Å². The summed E-state index contributed by atoms with van der Waals surface area (Å²) >= 11 is 3.55. The predicted molar refractivity (Wildman–Crippen MR) is 114 cm³/mol. The van der Waals surface area contributed by atoms with E-state index < -0.39 is 0 Å². The predicted octanol–water partition coefficient (Wildman–Crippen LogP) is 4.53. The summed E-state index contributed by atoms with van der Waals surface area (Å²) in [6, 6.07) is 8.22. The second kappa shape index (κ2) is 7.99. The molecule has 1 fully saturated rings. The summed E-state index contributed by atoms with van der Waals surface area (Å²) in [4.78, 5) is 15.9. The minimum Gasteiger partial charge on any atom is -0.438 e. The highest BCUT2D eigenvalue weighted by Crippen LogP contribution is 2.41. The molecule has 5 nitrogen and oxygen atoms in total. The van der Waals surface area contributed by atoms with E-state index in [0.717, 1.165) is 67.5 Å². The standard InChI is InChI=1S/C21H23N3O2S2/c1-27-15-7-5-14(6-8-15)26-20-19-16-3-2-4-17(16)28-21(19)23-18(22-20)13-24-9-11-25-12-10-24/h5-8H,2-4,9-13H2,1H3. The van der Waals surface area contributed by atoms with Crippen molar-refractivity contribution in [3.63, 3.8) is 0 Å². The molecule has 0 spiro atoms. The number of rotatable bonds is 5. The highest BCUT2D eigenvalue weighted by molar-refractivity contribution is 7.98. The Morgan fingerprint density at radius 1 is 1.14 bits per heavy atom. The molecule has 0 saturated carbocycles. The number of aryl methyl sites for hydroxylation is 2. The zero-order valence-corrected chi connectivity index (χ0v) is 17.6. The number of hydrogen-bond acceptors (Lipinski definition) is 7. The van der Waals surface area contributed by atoms with Crippen molar-refractivity contribution < 1.29 is 9.47 Å². The average Bonchev–Trinajstić information content (AvgIpc) is 3.30. The van der Waals surface area contributed by atoms with Crippen molar-refractivity contribution in [1.29, 1.82) is 0 Å². The van der Waals surface area contributed by atoms with Gasteiger partial charge in [-0.05, 0) is 55.3 Å². The van der Waals surface area contributed by atoms with Gasteiger partial charge in [0.15, 0.2) is 0 Å². The van der Waals surface area contributed by atoms with Gasteiger partial charge >= 0.3 is 0 Å². The highest BCUT2D eigenvalue weighted by Gasteiger charge is 2.24. The molecule has 7 heteroatoms. The molecule has 3 heterocycles. The summed E-state index contributed by atoms with van der Waals surface area (Å²) in [6.07, 6.45) is 5.55. The number of fused-ring (bicyclic) bond motifs is 3. The van der Waals surface area contributed by atoms with E-state index in [1.54, 1.807) is 11.8 Å². The summed E-state index contributed by atoms with van der Waals surface area (Å²) in [5.74, 6) is 2.38. The first kappa shape index (κ1) is 18.4. The maximum Gasteiger partial charge on any atom is 0.231 e. The Bertz CT molecular complexity index is 981. The van der Waals surface area contributed by atoms with Crippen LogP contribution in [0.2, 0.25) is 0 Å². The van der Waals surface area contributed by atoms with Crippen LogP contribution in [-0.2, 0) is 24.1 Å². The van der Waals surface area contributed by atoms with Crippen LogP contribution >= 0.6 is 23.1 Å². The van der Waals surface area contributed by atoms with Crippen molar-refractivity contribution >= 4 is 33.3 Å². The van der Waals surface area contributed by atoms with Gasteiger partial charge in [0.05, 0.1) is 25.1 Å². The van der Waals surface area contributed by atoms with E-state index in [0.29, 0.717) is 5.88 Å². The van der Waals surface area contributed by atoms with E-state index in [1.165, 1.54) is 21.8 Å². The van der Waals surface area contributed by atoms with E-state index in [1.807, 2.05) is 23.5 Å². The van der Waals surface area contributed by atoms with E-state index in [-0.39, 0.29) is 0 Å². The average molecular weight is 414 g/mol. The van der Waals surface area contributed by atoms with Gasteiger partial charge in [-0.3, -0.25) is 4.90 Å². The number of hydrogen-bond donors (Lipinski definition) is 0. The summed E-state index contributed by atoms with van der Waals surface area (Å²) < 4.78 is 11.8. The molecule has 0 radical (unpaired) electrons. The lowest BCUT2D eigenvalue weighted by atomic mass is 10.2. The Morgan fingerprint density at radius 3 is 2.75 bits per heavy atom. The molecule has 28 heavy (non-hydrogen) atoms. The third-order valence-corrected chi connectivity index (χ3v) is 7.25. The van der Waals surface area contributed by atoms with Crippen LogP contribution in [-0.4, -0.2) is 47.4 Å². The Morgan fingerprint density at radius 2 is 1.96 bits per heavy atom. The second-order valence-corrected chi connectivity index (χ2v) is 9.11. The molecule has 2 aromatic heterocycles. The van der Waals surface area contributed by atoms with Crippen molar-refractivity contribution in [2.75, 3.05) is 32.6 Å². The van der Waals surface area contributed by atoms with Crippen LogP contribution in [0, 0.1) is 0 Å². The Labute approximate surface area is 173 Å². The smallest absolute Gasteiger partial charge is 0.231 e. The van der Waals surface area contributed by atoms with Gasteiger partial charge in [-0.15, -0.1) is 23.1 Å². The first-order valence-corrected chi connectivity index (χ1v) is 11.8. The molecular weight excluding hydrogens is 390 g/mol. The molecule has 5 rings (SSSR count). The number of ether oxygens (including phenoxy) is 2. The molecule has 0 unspecified atom stereocenters. The van der Waals surface area contributed by atoms with Gasteiger partial charge in [0, 0.05) is 22.9 Å². The molecule has 1 aliphatic carbocycles. The maximum absolute atomic E-state index is 6.31. The molecule has 0 amide bonds. The molecule has 1 aromatic carbocycles. The van der Waals surface area contributed by atoms with Gasteiger partial charge in [-0.25, -0.2) is 4.98 Å². The molecule has 2 aliphatic rings.